The number of rotatable bonds is 5. The number of carbonyl (C=O) groups excluding carboxylic acids is 2. The Bertz CT molecular complexity index is 842. The smallest absolute Gasteiger partial charge is 0.411 e. The van der Waals surface area contributed by atoms with E-state index in [2.05, 4.69) is 20.1 Å². The van der Waals surface area contributed by atoms with Crippen LogP contribution in [0.3, 0.4) is 0 Å². The molecule has 3 heterocycles. The first-order valence-corrected chi connectivity index (χ1v) is 11.7. The number of hydrogen-bond acceptors (Lipinski definition) is 7. The first kappa shape index (κ1) is 22.6. The van der Waals surface area contributed by atoms with Gasteiger partial charge in [0.2, 0.25) is 5.91 Å². The molecule has 1 atom stereocenters. The standard InChI is InChI=1S/C23H34N4O5/c1-3-32-22(30)25-16-13-19(31-2)20(24-14-16)26-11-4-9-23(15-26)10-12-27(21(23)29)17-5-7-18(28)8-6-17/h13-14,17-18,28H,3-12,15H2,1-2H3,(H,25,30)/t17?,18?,23-/m0/s1. The number of nitrogens with one attached hydrogen (secondary N) is 1. The monoisotopic (exact) mass is 446 g/mol. The summed E-state index contributed by atoms with van der Waals surface area (Å²) in [5.41, 5.74) is 0.112. The van der Waals surface area contributed by atoms with Crippen molar-refractivity contribution < 1.29 is 24.2 Å². The van der Waals surface area contributed by atoms with E-state index < -0.39 is 6.09 Å². The highest BCUT2D eigenvalue weighted by atomic mass is 16.5. The number of methoxy groups -OCH3 is 1. The zero-order valence-electron chi connectivity index (χ0n) is 19.0. The molecule has 32 heavy (non-hydrogen) atoms. The number of aliphatic hydroxyl groups is 1. The van der Waals surface area contributed by atoms with E-state index in [1.54, 1.807) is 26.3 Å². The summed E-state index contributed by atoms with van der Waals surface area (Å²) in [5, 5.41) is 12.5. The van der Waals surface area contributed by atoms with E-state index in [-0.39, 0.29) is 30.1 Å². The van der Waals surface area contributed by atoms with E-state index >= 15 is 0 Å². The van der Waals surface area contributed by atoms with Crippen molar-refractivity contribution in [1.82, 2.24) is 9.88 Å². The molecule has 3 fully saturated rings. The van der Waals surface area contributed by atoms with Crippen LogP contribution in [0.1, 0.15) is 51.9 Å². The normalized spacial score (nSPS) is 28.2. The van der Waals surface area contributed by atoms with Crippen LogP contribution in [0.2, 0.25) is 0 Å². The SMILES string of the molecule is CCOC(=O)Nc1cnc(N2CCC[C@]3(CCN(C4CCC(O)CC4)C3=O)C2)c(OC)c1. The lowest BCUT2D eigenvalue weighted by atomic mass is 9.78. The fourth-order valence-electron chi connectivity index (χ4n) is 5.44. The Labute approximate surface area is 189 Å². The average Bonchev–Trinajstić information content (AvgIpc) is 3.09. The minimum atomic E-state index is -0.534. The lowest BCUT2D eigenvalue weighted by Crippen LogP contribution is -2.50. The van der Waals surface area contributed by atoms with Crippen LogP contribution in [0.25, 0.3) is 0 Å². The number of nitrogens with zero attached hydrogens (tertiary/aromatic N) is 3. The van der Waals surface area contributed by atoms with Gasteiger partial charge in [0.15, 0.2) is 11.6 Å². The Morgan fingerprint density at radius 1 is 1.28 bits per heavy atom. The van der Waals surface area contributed by atoms with Crippen molar-refractivity contribution in [3.63, 3.8) is 0 Å². The average molecular weight is 447 g/mol. The number of carbonyl (C=O) groups is 2. The fraction of sp³-hybridized carbons (Fsp3) is 0.696. The number of anilines is 2. The minimum Gasteiger partial charge on any atom is -0.493 e. The summed E-state index contributed by atoms with van der Waals surface area (Å²) in [6.07, 6.45) is 6.82. The maximum Gasteiger partial charge on any atom is 0.411 e. The summed E-state index contributed by atoms with van der Waals surface area (Å²) in [6, 6.07) is 1.98. The first-order valence-electron chi connectivity index (χ1n) is 11.7. The molecule has 1 saturated carbocycles. The lowest BCUT2D eigenvalue weighted by Gasteiger charge is -2.41. The number of aliphatic hydroxyl groups excluding tert-OH is 1. The first-order chi connectivity index (χ1) is 15.5. The molecule has 1 aliphatic carbocycles. The third-order valence-corrected chi connectivity index (χ3v) is 7.10. The zero-order valence-corrected chi connectivity index (χ0v) is 19.0. The Morgan fingerprint density at radius 2 is 2.06 bits per heavy atom. The number of likely N-dealkylation sites (tertiary alicyclic amines) is 1. The van der Waals surface area contributed by atoms with Gasteiger partial charge in [-0.2, -0.15) is 0 Å². The van der Waals surface area contributed by atoms with E-state index in [0.717, 1.165) is 58.0 Å². The maximum atomic E-state index is 13.6. The molecule has 1 aromatic heterocycles. The molecule has 0 unspecified atom stereocenters. The summed E-state index contributed by atoms with van der Waals surface area (Å²) in [4.78, 5) is 34.0. The predicted molar refractivity (Wildman–Crippen MR) is 120 cm³/mol. The number of ether oxygens (including phenoxy) is 2. The third-order valence-electron chi connectivity index (χ3n) is 7.10. The molecule has 1 aromatic rings. The van der Waals surface area contributed by atoms with E-state index in [1.165, 1.54) is 0 Å². The molecule has 9 nitrogen and oxygen atoms in total. The summed E-state index contributed by atoms with van der Waals surface area (Å²) in [6.45, 7) is 4.25. The molecule has 1 spiro atoms. The Morgan fingerprint density at radius 3 is 2.78 bits per heavy atom. The second-order valence-electron chi connectivity index (χ2n) is 9.11. The highest BCUT2D eigenvalue weighted by Crippen LogP contribution is 2.44. The summed E-state index contributed by atoms with van der Waals surface area (Å²) >= 11 is 0. The van der Waals surface area contributed by atoms with E-state index in [1.807, 2.05) is 0 Å². The summed E-state index contributed by atoms with van der Waals surface area (Å²) in [5.74, 6) is 1.50. The highest BCUT2D eigenvalue weighted by molar-refractivity contribution is 5.87. The van der Waals surface area contributed by atoms with Crippen LogP contribution < -0.4 is 15.0 Å². The van der Waals surface area contributed by atoms with Gasteiger partial charge in [-0.1, -0.05) is 0 Å². The van der Waals surface area contributed by atoms with Crippen LogP contribution in [0, 0.1) is 5.41 Å². The molecule has 3 aliphatic rings. The van der Waals surface area contributed by atoms with Crippen LogP contribution in [0.4, 0.5) is 16.3 Å². The summed E-state index contributed by atoms with van der Waals surface area (Å²) in [7, 11) is 1.58. The second kappa shape index (κ2) is 9.52. The van der Waals surface area contributed by atoms with Gasteiger partial charge in [-0.15, -0.1) is 0 Å². The van der Waals surface area contributed by atoms with Gasteiger partial charge in [0, 0.05) is 31.7 Å². The Kier molecular flexibility index (Phi) is 6.74. The molecule has 4 rings (SSSR count). The van der Waals surface area contributed by atoms with Gasteiger partial charge in [-0.05, 0) is 51.9 Å². The third kappa shape index (κ3) is 4.48. The van der Waals surface area contributed by atoms with Crippen LogP contribution in [0.5, 0.6) is 5.75 Å². The minimum absolute atomic E-state index is 0.220. The van der Waals surface area contributed by atoms with Crippen LogP contribution in [0.15, 0.2) is 12.3 Å². The van der Waals surface area contributed by atoms with Crippen LogP contribution >= 0.6 is 0 Å². The van der Waals surface area contributed by atoms with E-state index in [9.17, 15) is 14.7 Å². The topological polar surface area (TPSA) is 104 Å². The Hall–Kier alpha value is -2.55. The molecule has 2 amide bonds. The number of aromatic nitrogens is 1. The fourth-order valence-corrected chi connectivity index (χ4v) is 5.44. The molecule has 176 valence electrons. The summed E-state index contributed by atoms with van der Waals surface area (Å²) < 4.78 is 10.5. The van der Waals surface area contributed by atoms with E-state index in [4.69, 9.17) is 9.47 Å². The maximum absolute atomic E-state index is 13.6. The molecular formula is C23H34N4O5. The van der Waals surface area contributed by atoms with Gasteiger partial charge in [0.05, 0.1) is 37.1 Å². The van der Waals surface area contributed by atoms with Crippen molar-refractivity contribution in [2.24, 2.45) is 5.41 Å². The van der Waals surface area contributed by atoms with Gasteiger partial charge in [0.25, 0.3) is 0 Å². The van der Waals surface area contributed by atoms with Crippen molar-refractivity contribution in [2.45, 2.75) is 64.0 Å². The number of hydrogen-bond donors (Lipinski definition) is 2. The van der Waals surface area contributed by atoms with Crippen molar-refractivity contribution in [2.75, 3.05) is 43.6 Å². The quantitative estimate of drug-likeness (QED) is 0.717. The van der Waals surface area contributed by atoms with Crippen LogP contribution in [-0.4, -0.2) is 72.5 Å². The highest BCUT2D eigenvalue weighted by Gasteiger charge is 2.51. The van der Waals surface area contributed by atoms with Gasteiger partial charge in [-0.25, -0.2) is 9.78 Å². The molecule has 9 heteroatoms. The van der Waals surface area contributed by atoms with Crippen molar-refractivity contribution in [1.29, 1.82) is 0 Å². The lowest BCUT2D eigenvalue weighted by molar-refractivity contribution is -0.139. The van der Waals surface area contributed by atoms with Crippen molar-refractivity contribution in [3.05, 3.63) is 12.3 Å². The van der Waals surface area contributed by atoms with Gasteiger partial charge in [-0.3, -0.25) is 10.1 Å². The largest absolute Gasteiger partial charge is 0.493 e. The zero-order chi connectivity index (χ0) is 22.7. The number of amides is 2. The molecule has 0 bridgehead atoms. The van der Waals surface area contributed by atoms with Gasteiger partial charge >= 0.3 is 6.09 Å². The number of pyridine rings is 1. The molecule has 0 radical (unpaired) electrons. The number of piperidine rings is 1. The molecule has 2 N–H and O–H groups in total. The van der Waals surface area contributed by atoms with Crippen molar-refractivity contribution in [3.8, 4) is 5.75 Å². The molecular weight excluding hydrogens is 412 g/mol. The molecule has 0 aromatic carbocycles. The van der Waals surface area contributed by atoms with E-state index in [0.29, 0.717) is 23.8 Å². The Balaban J connectivity index is 1.48. The molecule has 2 saturated heterocycles. The molecule has 2 aliphatic heterocycles. The van der Waals surface area contributed by atoms with Crippen LogP contribution in [-0.2, 0) is 9.53 Å². The van der Waals surface area contributed by atoms with Gasteiger partial charge < -0.3 is 24.4 Å². The van der Waals surface area contributed by atoms with Crippen molar-refractivity contribution >= 4 is 23.5 Å². The predicted octanol–water partition coefficient (Wildman–Crippen LogP) is 2.78. The van der Waals surface area contributed by atoms with Gasteiger partial charge in [0.1, 0.15) is 0 Å². The second-order valence-corrected chi connectivity index (χ2v) is 9.11.